The molecule has 0 fully saturated rings. The fraction of sp³-hybridized carbons (Fsp3) is 0.529. The van der Waals surface area contributed by atoms with E-state index in [0.29, 0.717) is 5.56 Å². The SMILES string of the molecule is CCCc1nc2cccc(C(=O)O)c2n1C(C)(C)CCC. The van der Waals surface area contributed by atoms with Gasteiger partial charge in [-0.05, 0) is 38.8 Å². The largest absolute Gasteiger partial charge is 0.478 e. The molecule has 0 aliphatic carbocycles. The van der Waals surface area contributed by atoms with Crippen molar-refractivity contribution in [1.29, 1.82) is 0 Å². The van der Waals surface area contributed by atoms with Gasteiger partial charge in [-0.2, -0.15) is 0 Å². The van der Waals surface area contributed by atoms with Gasteiger partial charge in [0.1, 0.15) is 5.82 Å². The van der Waals surface area contributed by atoms with E-state index in [2.05, 4.69) is 32.3 Å². The average Bonchev–Trinajstić information content (AvgIpc) is 2.77. The highest BCUT2D eigenvalue weighted by atomic mass is 16.4. The van der Waals surface area contributed by atoms with Crippen molar-refractivity contribution in [2.24, 2.45) is 0 Å². The molecule has 0 radical (unpaired) electrons. The van der Waals surface area contributed by atoms with E-state index < -0.39 is 5.97 Å². The van der Waals surface area contributed by atoms with E-state index in [4.69, 9.17) is 4.98 Å². The maximum atomic E-state index is 11.6. The number of aromatic carboxylic acids is 1. The fourth-order valence-corrected chi connectivity index (χ4v) is 3.11. The molecule has 0 aliphatic heterocycles. The van der Waals surface area contributed by atoms with Gasteiger partial charge in [0.15, 0.2) is 0 Å². The van der Waals surface area contributed by atoms with E-state index in [1.54, 1.807) is 12.1 Å². The molecule has 1 aromatic carbocycles. The van der Waals surface area contributed by atoms with Crippen LogP contribution in [0.2, 0.25) is 0 Å². The molecule has 0 bridgehead atoms. The minimum Gasteiger partial charge on any atom is -0.478 e. The molecular weight excluding hydrogens is 264 g/mol. The molecule has 2 aromatic rings. The fourth-order valence-electron chi connectivity index (χ4n) is 3.11. The van der Waals surface area contributed by atoms with Gasteiger partial charge in [-0.3, -0.25) is 0 Å². The van der Waals surface area contributed by atoms with Gasteiger partial charge in [0.25, 0.3) is 0 Å². The summed E-state index contributed by atoms with van der Waals surface area (Å²) in [7, 11) is 0. The number of aromatic nitrogens is 2. The summed E-state index contributed by atoms with van der Waals surface area (Å²) in [5.41, 5.74) is 1.74. The Labute approximate surface area is 125 Å². The number of imidazole rings is 1. The van der Waals surface area contributed by atoms with Crippen molar-refractivity contribution in [2.75, 3.05) is 0 Å². The molecule has 0 amide bonds. The van der Waals surface area contributed by atoms with Crippen LogP contribution in [-0.2, 0) is 12.0 Å². The molecule has 0 unspecified atom stereocenters. The van der Waals surface area contributed by atoms with E-state index in [1.165, 1.54) is 0 Å². The van der Waals surface area contributed by atoms with Crippen molar-refractivity contribution >= 4 is 17.0 Å². The summed E-state index contributed by atoms with van der Waals surface area (Å²) in [5.74, 6) is 0.0942. The number of rotatable bonds is 6. The third-order valence-corrected chi connectivity index (χ3v) is 3.92. The van der Waals surface area contributed by atoms with Crippen LogP contribution in [0, 0.1) is 0 Å². The molecule has 1 N–H and O–H groups in total. The standard InChI is InChI=1S/C17H24N2O2/c1-5-8-14-18-13-10-7-9-12(16(20)21)15(13)19(14)17(3,4)11-6-2/h7,9-10H,5-6,8,11H2,1-4H3,(H,20,21). The van der Waals surface area contributed by atoms with E-state index in [0.717, 1.165) is 42.5 Å². The second kappa shape index (κ2) is 5.88. The number of carboxylic acids is 1. The van der Waals surface area contributed by atoms with Crippen molar-refractivity contribution in [3.05, 3.63) is 29.6 Å². The lowest BCUT2D eigenvalue weighted by molar-refractivity contribution is 0.0698. The highest BCUT2D eigenvalue weighted by Gasteiger charge is 2.27. The molecule has 0 saturated carbocycles. The molecule has 1 aromatic heterocycles. The van der Waals surface area contributed by atoms with Crippen molar-refractivity contribution in [1.82, 2.24) is 9.55 Å². The summed E-state index contributed by atoms with van der Waals surface area (Å²) >= 11 is 0. The van der Waals surface area contributed by atoms with Gasteiger partial charge in [0.2, 0.25) is 0 Å². The van der Waals surface area contributed by atoms with Gasteiger partial charge in [-0.1, -0.05) is 26.3 Å². The molecule has 4 heteroatoms. The predicted molar refractivity (Wildman–Crippen MR) is 84.9 cm³/mol. The number of para-hydroxylation sites is 1. The van der Waals surface area contributed by atoms with Crippen molar-refractivity contribution in [3.8, 4) is 0 Å². The van der Waals surface area contributed by atoms with E-state index in [9.17, 15) is 9.90 Å². The van der Waals surface area contributed by atoms with Crippen LogP contribution in [0.3, 0.4) is 0 Å². The van der Waals surface area contributed by atoms with E-state index >= 15 is 0 Å². The predicted octanol–water partition coefficient (Wildman–Crippen LogP) is 4.22. The minimum atomic E-state index is -0.892. The summed E-state index contributed by atoms with van der Waals surface area (Å²) in [6, 6.07) is 5.34. The Balaban J connectivity index is 2.80. The summed E-state index contributed by atoms with van der Waals surface area (Å²) in [5, 5.41) is 9.50. The molecule has 114 valence electrons. The number of benzene rings is 1. The van der Waals surface area contributed by atoms with Crippen LogP contribution in [-0.4, -0.2) is 20.6 Å². The topological polar surface area (TPSA) is 55.1 Å². The van der Waals surface area contributed by atoms with Crippen LogP contribution in [0.1, 0.15) is 63.1 Å². The van der Waals surface area contributed by atoms with Crippen LogP contribution in [0.5, 0.6) is 0 Å². The highest BCUT2D eigenvalue weighted by Crippen LogP contribution is 2.31. The Morgan fingerprint density at radius 3 is 2.57 bits per heavy atom. The van der Waals surface area contributed by atoms with Crippen LogP contribution in [0.4, 0.5) is 0 Å². The lowest BCUT2D eigenvalue weighted by Crippen LogP contribution is -2.28. The minimum absolute atomic E-state index is 0.139. The third-order valence-electron chi connectivity index (χ3n) is 3.92. The lowest BCUT2D eigenvalue weighted by Gasteiger charge is -2.29. The first-order valence-electron chi connectivity index (χ1n) is 7.66. The van der Waals surface area contributed by atoms with Crippen molar-refractivity contribution in [3.63, 3.8) is 0 Å². The van der Waals surface area contributed by atoms with Gasteiger partial charge in [-0.15, -0.1) is 0 Å². The second-order valence-electron chi connectivity index (χ2n) is 6.15. The Morgan fingerprint density at radius 1 is 1.29 bits per heavy atom. The van der Waals surface area contributed by atoms with Crippen LogP contribution >= 0.6 is 0 Å². The first kappa shape index (κ1) is 15.5. The van der Waals surface area contributed by atoms with Crippen molar-refractivity contribution < 1.29 is 9.90 Å². The maximum absolute atomic E-state index is 11.6. The first-order chi connectivity index (χ1) is 9.92. The average molecular weight is 288 g/mol. The van der Waals surface area contributed by atoms with Gasteiger partial charge >= 0.3 is 5.97 Å². The third kappa shape index (κ3) is 2.80. The summed E-state index contributed by atoms with van der Waals surface area (Å²) in [4.78, 5) is 16.3. The monoisotopic (exact) mass is 288 g/mol. The molecule has 1 heterocycles. The van der Waals surface area contributed by atoms with E-state index in [-0.39, 0.29) is 5.54 Å². The maximum Gasteiger partial charge on any atom is 0.337 e. The number of fused-ring (bicyclic) bond motifs is 1. The molecule has 0 aliphatic rings. The quantitative estimate of drug-likeness (QED) is 0.865. The summed E-state index contributed by atoms with van der Waals surface area (Å²) < 4.78 is 2.15. The smallest absolute Gasteiger partial charge is 0.337 e. The normalized spacial score (nSPS) is 12.0. The number of carboxylic acid groups (broad SMARTS) is 1. The Morgan fingerprint density at radius 2 is 2.00 bits per heavy atom. The number of hydrogen-bond donors (Lipinski definition) is 1. The van der Waals surface area contributed by atoms with Gasteiger partial charge in [0, 0.05) is 12.0 Å². The second-order valence-corrected chi connectivity index (χ2v) is 6.15. The number of aryl methyl sites for hydroxylation is 1. The Hall–Kier alpha value is -1.84. The van der Waals surface area contributed by atoms with Gasteiger partial charge in [0.05, 0.1) is 16.6 Å². The number of carbonyl (C=O) groups is 1. The lowest BCUT2D eigenvalue weighted by atomic mass is 9.97. The first-order valence-corrected chi connectivity index (χ1v) is 7.66. The Kier molecular flexibility index (Phi) is 4.35. The molecule has 21 heavy (non-hydrogen) atoms. The molecular formula is C17H24N2O2. The van der Waals surface area contributed by atoms with Crippen LogP contribution in [0.15, 0.2) is 18.2 Å². The van der Waals surface area contributed by atoms with Crippen molar-refractivity contribution in [2.45, 2.75) is 58.9 Å². The zero-order chi connectivity index (χ0) is 15.6. The van der Waals surface area contributed by atoms with Crippen LogP contribution in [0.25, 0.3) is 11.0 Å². The zero-order valence-corrected chi connectivity index (χ0v) is 13.3. The molecule has 2 rings (SSSR count). The van der Waals surface area contributed by atoms with Gasteiger partial charge < -0.3 is 9.67 Å². The van der Waals surface area contributed by atoms with Gasteiger partial charge in [-0.25, -0.2) is 9.78 Å². The molecule has 0 atom stereocenters. The summed E-state index contributed by atoms with van der Waals surface area (Å²) in [6.45, 7) is 8.60. The molecule has 0 saturated heterocycles. The number of nitrogens with zero attached hydrogens (tertiary/aromatic N) is 2. The van der Waals surface area contributed by atoms with E-state index in [1.807, 2.05) is 6.07 Å². The number of hydrogen-bond acceptors (Lipinski definition) is 2. The highest BCUT2D eigenvalue weighted by molar-refractivity contribution is 6.01. The Bertz CT molecular complexity index is 656. The molecule has 4 nitrogen and oxygen atoms in total. The van der Waals surface area contributed by atoms with Crippen LogP contribution < -0.4 is 0 Å². The zero-order valence-electron chi connectivity index (χ0n) is 13.3. The molecule has 0 spiro atoms. The summed E-state index contributed by atoms with van der Waals surface area (Å²) in [6.07, 6.45) is 3.89.